The van der Waals surface area contributed by atoms with E-state index in [9.17, 15) is 14.7 Å². The second-order valence-electron chi connectivity index (χ2n) is 5.87. The summed E-state index contributed by atoms with van der Waals surface area (Å²) in [6.45, 7) is 4.84. The maximum atomic E-state index is 12.1. The first kappa shape index (κ1) is 19.0. The number of hydrogen-bond donors (Lipinski definition) is 4. The molecule has 25 heavy (non-hydrogen) atoms. The zero-order valence-corrected chi connectivity index (χ0v) is 15.7. The molecular weight excluding hydrogens is 388 g/mol. The number of rotatable bonds is 7. The molecule has 2 aromatic rings. The van der Waals surface area contributed by atoms with Crippen molar-refractivity contribution in [1.82, 2.24) is 20.8 Å². The number of hydrogen-bond acceptors (Lipinski definition) is 4. The summed E-state index contributed by atoms with van der Waals surface area (Å²) in [6, 6.07) is 6.14. The molecule has 4 N–H and O–H groups in total. The van der Waals surface area contributed by atoms with Gasteiger partial charge in [-0.1, -0.05) is 19.9 Å². The van der Waals surface area contributed by atoms with Crippen molar-refractivity contribution in [3.8, 4) is 5.75 Å². The van der Waals surface area contributed by atoms with Crippen LogP contribution in [0.2, 0.25) is 0 Å². The number of amides is 2. The molecule has 1 aromatic heterocycles. The fraction of sp³-hybridized carbons (Fsp3) is 0.353. The van der Waals surface area contributed by atoms with Crippen LogP contribution < -0.4 is 10.6 Å². The van der Waals surface area contributed by atoms with Crippen LogP contribution in [0.15, 0.2) is 28.7 Å². The van der Waals surface area contributed by atoms with Crippen molar-refractivity contribution < 1.29 is 14.7 Å². The summed E-state index contributed by atoms with van der Waals surface area (Å²) >= 11 is 3.39. The van der Waals surface area contributed by atoms with Gasteiger partial charge in [0.2, 0.25) is 0 Å². The number of nitrogens with zero attached hydrogens (tertiary/aromatic N) is 1. The van der Waals surface area contributed by atoms with E-state index < -0.39 is 0 Å². The van der Waals surface area contributed by atoms with E-state index in [4.69, 9.17) is 0 Å². The SMILES string of the molecule is CC(C)c1[nH]nc(C(=O)NCCCNC(=O)c2cccc(O)c2)c1Br. The Morgan fingerprint density at radius 2 is 1.92 bits per heavy atom. The molecule has 0 saturated heterocycles. The number of carbonyl (C=O) groups is 2. The third-order valence-corrected chi connectivity index (χ3v) is 4.36. The van der Waals surface area contributed by atoms with E-state index in [-0.39, 0.29) is 23.5 Å². The fourth-order valence-electron chi connectivity index (χ4n) is 2.20. The van der Waals surface area contributed by atoms with E-state index in [1.807, 2.05) is 13.8 Å². The maximum absolute atomic E-state index is 12.1. The molecule has 0 spiro atoms. The van der Waals surface area contributed by atoms with Gasteiger partial charge in [0.25, 0.3) is 11.8 Å². The molecule has 0 atom stereocenters. The number of carbonyl (C=O) groups excluding carboxylic acids is 2. The highest BCUT2D eigenvalue weighted by Gasteiger charge is 2.18. The maximum Gasteiger partial charge on any atom is 0.272 e. The molecule has 7 nitrogen and oxygen atoms in total. The van der Waals surface area contributed by atoms with Crippen LogP contribution >= 0.6 is 15.9 Å². The van der Waals surface area contributed by atoms with Gasteiger partial charge in [0.05, 0.1) is 10.2 Å². The Kier molecular flexibility index (Phi) is 6.58. The molecule has 134 valence electrons. The molecule has 0 aliphatic carbocycles. The molecular formula is C17H21BrN4O3. The van der Waals surface area contributed by atoms with E-state index in [0.29, 0.717) is 35.2 Å². The highest BCUT2D eigenvalue weighted by atomic mass is 79.9. The summed E-state index contributed by atoms with van der Waals surface area (Å²) < 4.78 is 0.678. The Hall–Kier alpha value is -2.35. The molecule has 0 radical (unpaired) electrons. The van der Waals surface area contributed by atoms with Crippen molar-refractivity contribution in [2.75, 3.05) is 13.1 Å². The van der Waals surface area contributed by atoms with Gasteiger partial charge in [0.15, 0.2) is 5.69 Å². The Bertz CT molecular complexity index is 758. The number of phenols is 1. The lowest BCUT2D eigenvalue weighted by Gasteiger charge is -2.07. The summed E-state index contributed by atoms with van der Waals surface area (Å²) in [6.07, 6.45) is 0.579. The van der Waals surface area contributed by atoms with Gasteiger partial charge in [-0.15, -0.1) is 0 Å². The molecule has 2 amide bonds. The number of aromatic hydroxyl groups is 1. The predicted octanol–water partition coefficient (Wildman–Crippen LogP) is 2.55. The van der Waals surface area contributed by atoms with E-state index in [0.717, 1.165) is 5.69 Å². The number of aromatic nitrogens is 2. The Labute approximate surface area is 154 Å². The van der Waals surface area contributed by atoms with Crippen molar-refractivity contribution >= 4 is 27.7 Å². The minimum Gasteiger partial charge on any atom is -0.508 e. The first-order chi connectivity index (χ1) is 11.9. The van der Waals surface area contributed by atoms with Crippen LogP contribution in [0.5, 0.6) is 5.75 Å². The third-order valence-electron chi connectivity index (χ3n) is 3.56. The fourth-order valence-corrected chi connectivity index (χ4v) is 3.02. The molecule has 0 aliphatic heterocycles. The Balaban J connectivity index is 1.74. The van der Waals surface area contributed by atoms with Gasteiger partial charge in [-0.05, 0) is 46.5 Å². The highest BCUT2D eigenvalue weighted by molar-refractivity contribution is 9.10. The van der Waals surface area contributed by atoms with Crippen LogP contribution in [0.1, 0.15) is 52.7 Å². The molecule has 2 rings (SSSR count). The molecule has 0 bridgehead atoms. The summed E-state index contributed by atoms with van der Waals surface area (Å²) in [5.41, 5.74) is 1.60. The number of phenolic OH excluding ortho intramolecular Hbond substituents is 1. The Morgan fingerprint density at radius 3 is 2.52 bits per heavy atom. The molecule has 0 aliphatic rings. The lowest BCUT2D eigenvalue weighted by atomic mass is 10.1. The second kappa shape index (κ2) is 8.66. The molecule has 1 aromatic carbocycles. The minimum atomic E-state index is -0.269. The highest BCUT2D eigenvalue weighted by Crippen LogP contribution is 2.25. The van der Waals surface area contributed by atoms with Crippen molar-refractivity contribution in [3.63, 3.8) is 0 Å². The van der Waals surface area contributed by atoms with Gasteiger partial charge >= 0.3 is 0 Å². The minimum absolute atomic E-state index is 0.0465. The molecule has 1 heterocycles. The number of H-pyrrole nitrogens is 1. The molecule has 8 heteroatoms. The molecule has 0 unspecified atom stereocenters. The van der Waals surface area contributed by atoms with Crippen LogP contribution in [-0.4, -0.2) is 40.2 Å². The van der Waals surface area contributed by atoms with Crippen LogP contribution in [0, 0.1) is 0 Å². The van der Waals surface area contributed by atoms with E-state index in [1.54, 1.807) is 12.1 Å². The number of nitrogens with one attached hydrogen (secondary N) is 3. The van der Waals surface area contributed by atoms with Gasteiger partial charge in [-0.25, -0.2) is 0 Å². The predicted molar refractivity (Wildman–Crippen MR) is 97.8 cm³/mol. The zero-order chi connectivity index (χ0) is 18.4. The average Bonchev–Trinajstić information content (AvgIpc) is 2.96. The quantitative estimate of drug-likeness (QED) is 0.528. The van der Waals surface area contributed by atoms with Gasteiger partial charge < -0.3 is 15.7 Å². The van der Waals surface area contributed by atoms with Crippen LogP contribution in [0.4, 0.5) is 0 Å². The van der Waals surface area contributed by atoms with Gasteiger partial charge in [-0.3, -0.25) is 14.7 Å². The third kappa shape index (κ3) is 5.06. The van der Waals surface area contributed by atoms with Gasteiger partial charge in [0, 0.05) is 18.7 Å². The number of aromatic amines is 1. The summed E-state index contributed by atoms with van der Waals surface area (Å²) in [5.74, 6) is -0.255. The number of benzene rings is 1. The lowest BCUT2D eigenvalue weighted by molar-refractivity contribution is 0.0947. The topological polar surface area (TPSA) is 107 Å². The first-order valence-electron chi connectivity index (χ1n) is 7.99. The number of halogens is 1. The average molecular weight is 409 g/mol. The zero-order valence-electron chi connectivity index (χ0n) is 14.1. The lowest BCUT2D eigenvalue weighted by Crippen LogP contribution is -2.30. The smallest absolute Gasteiger partial charge is 0.272 e. The normalized spacial score (nSPS) is 10.7. The van der Waals surface area contributed by atoms with Crippen molar-refractivity contribution in [3.05, 3.63) is 45.7 Å². The first-order valence-corrected chi connectivity index (χ1v) is 8.78. The largest absolute Gasteiger partial charge is 0.508 e. The van der Waals surface area contributed by atoms with Crippen LogP contribution in [0.3, 0.4) is 0 Å². The van der Waals surface area contributed by atoms with Crippen molar-refractivity contribution in [2.45, 2.75) is 26.2 Å². The summed E-state index contributed by atoms with van der Waals surface area (Å²) in [5, 5.41) is 21.8. The van der Waals surface area contributed by atoms with Crippen molar-refractivity contribution in [1.29, 1.82) is 0 Å². The van der Waals surface area contributed by atoms with E-state index in [2.05, 4.69) is 36.8 Å². The summed E-state index contributed by atoms with van der Waals surface area (Å²) in [7, 11) is 0. The van der Waals surface area contributed by atoms with Crippen molar-refractivity contribution in [2.24, 2.45) is 0 Å². The van der Waals surface area contributed by atoms with Gasteiger partial charge in [-0.2, -0.15) is 5.10 Å². The van der Waals surface area contributed by atoms with E-state index in [1.165, 1.54) is 12.1 Å². The van der Waals surface area contributed by atoms with Gasteiger partial charge in [0.1, 0.15) is 5.75 Å². The van der Waals surface area contributed by atoms with Crippen LogP contribution in [-0.2, 0) is 0 Å². The molecule has 0 fully saturated rings. The molecule has 0 saturated carbocycles. The standard InChI is InChI=1S/C17H21BrN4O3/c1-10(2)14-13(18)15(22-21-14)17(25)20-8-4-7-19-16(24)11-5-3-6-12(23)9-11/h3,5-6,9-10,23H,4,7-8H2,1-2H3,(H,19,24)(H,20,25)(H,21,22). The second-order valence-corrected chi connectivity index (χ2v) is 6.66. The summed E-state index contributed by atoms with van der Waals surface area (Å²) in [4.78, 5) is 24.0. The monoisotopic (exact) mass is 408 g/mol. The van der Waals surface area contributed by atoms with Crippen LogP contribution in [0.25, 0.3) is 0 Å². The van der Waals surface area contributed by atoms with E-state index >= 15 is 0 Å². The Morgan fingerprint density at radius 1 is 1.24 bits per heavy atom.